The number of hydrogen-bond acceptors (Lipinski definition) is 4. The minimum absolute atomic E-state index is 0.153. The number of halogens is 1. The lowest BCUT2D eigenvalue weighted by Crippen LogP contribution is -2.32. The Hall–Kier alpha value is -2.67. The van der Waals surface area contributed by atoms with E-state index in [1.807, 2.05) is 13.8 Å². The van der Waals surface area contributed by atoms with Crippen LogP contribution in [0.25, 0.3) is 10.8 Å². The number of carbonyl (C=O) groups is 1. The number of aromatic nitrogens is 2. The molecule has 0 saturated heterocycles. The summed E-state index contributed by atoms with van der Waals surface area (Å²) in [5.74, 6) is 0.645. The van der Waals surface area contributed by atoms with E-state index in [-0.39, 0.29) is 29.0 Å². The molecule has 0 fully saturated rings. The zero-order valence-corrected chi connectivity index (χ0v) is 16.6. The smallest absolute Gasteiger partial charge is 0.274 e. The first-order valence-corrected chi connectivity index (χ1v) is 10.3. The second kappa shape index (κ2) is 9.01. The zero-order chi connectivity index (χ0) is 20.1. The van der Waals surface area contributed by atoms with Crippen LogP contribution in [0.1, 0.15) is 35.9 Å². The van der Waals surface area contributed by atoms with Gasteiger partial charge in [0.25, 0.3) is 11.5 Å². The summed E-state index contributed by atoms with van der Waals surface area (Å²) in [5.41, 5.74) is 0.682. The van der Waals surface area contributed by atoms with E-state index in [2.05, 4.69) is 10.4 Å². The fraction of sp³-hybridized carbons (Fsp3) is 0.286. The van der Waals surface area contributed by atoms with Gasteiger partial charge in [-0.25, -0.2) is 9.07 Å². The minimum atomic E-state index is -0.322. The largest absolute Gasteiger partial charge is 0.350 e. The van der Waals surface area contributed by atoms with Crippen LogP contribution in [-0.4, -0.2) is 28.0 Å². The van der Waals surface area contributed by atoms with Gasteiger partial charge in [-0.3, -0.25) is 9.59 Å². The third kappa shape index (κ3) is 4.42. The van der Waals surface area contributed by atoms with Crippen LogP contribution >= 0.6 is 11.8 Å². The lowest BCUT2D eigenvalue weighted by Gasteiger charge is -2.13. The average molecular weight is 399 g/mol. The van der Waals surface area contributed by atoms with Gasteiger partial charge in [0.2, 0.25) is 0 Å². The van der Waals surface area contributed by atoms with Crippen molar-refractivity contribution in [1.82, 2.24) is 15.1 Å². The number of amides is 1. The molecule has 5 nitrogen and oxygen atoms in total. The van der Waals surface area contributed by atoms with E-state index in [1.165, 1.54) is 10.7 Å². The summed E-state index contributed by atoms with van der Waals surface area (Å²) >= 11 is 1.54. The maximum atomic E-state index is 13.6. The van der Waals surface area contributed by atoms with E-state index in [0.717, 1.165) is 0 Å². The zero-order valence-electron chi connectivity index (χ0n) is 15.8. The van der Waals surface area contributed by atoms with Gasteiger partial charge in [0.15, 0.2) is 5.69 Å². The molecule has 0 atom stereocenters. The second-order valence-electron chi connectivity index (χ2n) is 6.64. The molecule has 7 heteroatoms. The molecule has 0 aliphatic heterocycles. The number of rotatable bonds is 7. The van der Waals surface area contributed by atoms with Crippen molar-refractivity contribution < 1.29 is 9.18 Å². The molecule has 0 radical (unpaired) electrons. The van der Waals surface area contributed by atoms with Crippen molar-refractivity contribution in [1.29, 1.82) is 0 Å². The fourth-order valence-corrected chi connectivity index (χ4v) is 3.69. The van der Waals surface area contributed by atoms with Gasteiger partial charge in [-0.15, -0.1) is 0 Å². The molecule has 3 rings (SSSR count). The number of carbonyl (C=O) groups excluding carboxylic acids is 1. The van der Waals surface area contributed by atoms with E-state index in [4.69, 9.17) is 0 Å². The van der Waals surface area contributed by atoms with Crippen molar-refractivity contribution in [3.8, 4) is 0 Å². The molecule has 3 aromatic rings. The SMILES string of the molecule is CC(C)n1nc(C(=O)NCCSCc2ccccc2F)c2ccccc2c1=O. The topological polar surface area (TPSA) is 64.0 Å². The summed E-state index contributed by atoms with van der Waals surface area (Å²) in [6.07, 6.45) is 0. The van der Waals surface area contributed by atoms with Gasteiger partial charge in [0.05, 0.1) is 11.4 Å². The lowest BCUT2D eigenvalue weighted by molar-refractivity contribution is 0.0950. The highest BCUT2D eigenvalue weighted by molar-refractivity contribution is 7.98. The Bertz CT molecular complexity index is 1050. The average Bonchev–Trinajstić information content (AvgIpc) is 2.69. The van der Waals surface area contributed by atoms with Gasteiger partial charge in [-0.05, 0) is 31.5 Å². The maximum absolute atomic E-state index is 13.6. The van der Waals surface area contributed by atoms with Crippen LogP contribution in [0.5, 0.6) is 0 Å². The number of hydrogen-bond donors (Lipinski definition) is 1. The van der Waals surface area contributed by atoms with Crippen LogP contribution in [0, 0.1) is 5.82 Å². The van der Waals surface area contributed by atoms with Gasteiger partial charge in [-0.1, -0.05) is 36.4 Å². The first kappa shape index (κ1) is 20.1. The molecule has 28 heavy (non-hydrogen) atoms. The predicted molar refractivity (Wildman–Crippen MR) is 111 cm³/mol. The second-order valence-corrected chi connectivity index (χ2v) is 7.74. The summed E-state index contributed by atoms with van der Waals surface area (Å²) in [7, 11) is 0. The summed E-state index contributed by atoms with van der Waals surface area (Å²) < 4.78 is 15.0. The van der Waals surface area contributed by atoms with Crippen molar-refractivity contribution in [3.05, 3.63) is 76.0 Å². The van der Waals surface area contributed by atoms with Gasteiger partial charge in [0.1, 0.15) is 5.82 Å². The van der Waals surface area contributed by atoms with Crippen LogP contribution in [-0.2, 0) is 5.75 Å². The van der Waals surface area contributed by atoms with Crippen molar-refractivity contribution in [2.45, 2.75) is 25.6 Å². The molecule has 146 valence electrons. The van der Waals surface area contributed by atoms with Crippen LogP contribution in [0.15, 0.2) is 53.3 Å². The van der Waals surface area contributed by atoms with Crippen LogP contribution in [0.3, 0.4) is 0 Å². The molecular formula is C21H22FN3O2S. The Labute approximate surface area is 167 Å². The third-order valence-corrected chi connectivity index (χ3v) is 5.29. The Kier molecular flexibility index (Phi) is 6.46. The van der Waals surface area contributed by atoms with Crippen molar-refractivity contribution in [2.24, 2.45) is 0 Å². The summed E-state index contributed by atoms with van der Waals surface area (Å²) in [6.45, 7) is 4.13. The Morgan fingerprint density at radius 1 is 1.14 bits per heavy atom. The van der Waals surface area contributed by atoms with E-state index in [9.17, 15) is 14.0 Å². The number of fused-ring (bicyclic) bond motifs is 1. The molecular weight excluding hydrogens is 377 g/mol. The molecule has 0 spiro atoms. The van der Waals surface area contributed by atoms with Gasteiger partial charge >= 0.3 is 0 Å². The van der Waals surface area contributed by atoms with E-state index in [1.54, 1.807) is 54.2 Å². The number of nitrogens with zero attached hydrogens (tertiary/aromatic N) is 2. The highest BCUT2D eigenvalue weighted by atomic mass is 32.2. The Morgan fingerprint density at radius 2 is 1.82 bits per heavy atom. The van der Waals surface area contributed by atoms with Crippen molar-refractivity contribution in [2.75, 3.05) is 12.3 Å². The summed E-state index contributed by atoms with van der Waals surface area (Å²) in [4.78, 5) is 25.2. The van der Waals surface area contributed by atoms with Crippen molar-refractivity contribution in [3.63, 3.8) is 0 Å². The molecule has 2 aromatic carbocycles. The molecule has 1 aromatic heterocycles. The molecule has 0 aliphatic rings. The Morgan fingerprint density at radius 3 is 2.54 bits per heavy atom. The first-order valence-electron chi connectivity index (χ1n) is 9.10. The molecule has 1 N–H and O–H groups in total. The predicted octanol–water partition coefficient (Wildman–Crippen LogP) is 3.78. The fourth-order valence-electron chi connectivity index (χ4n) is 2.84. The Balaban J connectivity index is 1.67. The first-order chi connectivity index (χ1) is 13.5. The molecule has 0 aliphatic carbocycles. The summed E-state index contributed by atoms with van der Waals surface area (Å²) in [5, 5.41) is 8.16. The van der Waals surface area contributed by atoms with Crippen LogP contribution in [0.2, 0.25) is 0 Å². The third-order valence-electron chi connectivity index (χ3n) is 4.28. The highest BCUT2D eigenvalue weighted by Gasteiger charge is 2.17. The lowest BCUT2D eigenvalue weighted by atomic mass is 10.1. The monoisotopic (exact) mass is 399 g/mol. The number of benzene rings is 2. The molecule has 0 saturated carbocycles. The highest BCUT2D eigenvalue weighted by Crippen LogP contribution is 2.16. The van der Waals surface area contributed by atoms with E-state index >= 15 is 0 Å². The molecule has 0 unspecified atom stereocenters. The van der Waals surface area contributed by atoms with Gasteiger partial charge in [0, 0.05) is 23.4 Å². The van der Waals surface area contributed by atoms with Crippen LogP contribution in [0.4, 0.5) is 4.39 Å². The minimum Gasteiger partial charge on any atom is -0.350 e. The number of thioether (sulfide) groups is 1. The standard InChI is InChI=1S/C21H22FN3O2S/c1-14(2)25-21(27)17-9-5-4-8-16(17)19(24-25)20(26)23-11-12-28-13-15-7-3-6-10-18(15)22/h3-10,14H,11-13H2,1-2H3,(H,23,26). The molecule has 0 bridgehead atoms. The molecule has 1 amide bonds. The van der Waals surface area contributed by atoms with E-state index < -0.39 is 0 Å². The van der Waals surface area contributed by atoms with Crippen LogP contribution < -0.4 is 10.9 Å². The molecule has 1 heterocycles. The quantitative estimate of drug-likeness (QED) is 0.614. The van der Waals surface area contributed by atoms with Crippen molar-refractivity contribution >= 4 is 28.4 Å². The maximum Gasteiger partial charge on any atom is 0.274 e. The summed E-state index contributed by atoms with van der Waals surface area (Å²) in [6, 6.07) is 13.5. The van der Waals surface area contributed by atoms with Gasteiger partial charge in [-0.2, -0.15) is 16.9 Å². The van der Waals surface area contributed by atoms with Gasteiger partial charge < -0.3 is 5.32 Å². The van der Waals surface area contributed by atoms with E-state index in [0.29, 0.717) is 34.4 Å². The number of nitrogens with one attached hydrogen (secondary N) is 1. The normalized spacial score (nSPS) is 11.1.